The molecule has 1 heterocycles. The first-order valence-corrected chi connectivity index (χ1v) is 16.0. The molecule has 48 heavy (non-hydrogen) atoms. The molecule has 0 atom stereocenters. The van der Waals surface area contributed by atoms with Crippen LogP contribution in [0.15, 0.2) is 174 Å². The average Bonchev–Trinajstić information content (AvgIpc) is 3.63. The fourth-order valence-corrected chi connectivity index (χ4v) is 7.39. The van der Waals surface area contributed by atoms with Gasteiger partial charge >= 0.3 is 0 Å². The van der Waals surface area contributed by atoms with Crippen LogP contribution in [0.3, 0.4) is 0 Å². The second-order valence-corrected chi connectivity index (χ2v) is 12.2. The van der Waals surface area contributed by atoms with Crippen molar-refractivity contribution >= 4 is 65.0 Å². The Balaban J connectivity index is 1.31. The quantitative estimate of drug-likeness (QED) is 0.179. The van der Waals surface area contributed by atoms with E-state index >= 15 is 0 Å². The summed E-state index contributed by atoms with van der Waals surface area (Å²) in [7, 11) is 0. The highest BCUT2D eigenvalue weighted by Gasteiger charge is 2.20. The van der Waals surface area contributed by atoms with E-state index in [1.165, 1.54) is 0 Å². The number of benzene rings is 9. The lowest BCUT2D eigenvalue weighted by Crippen LogP contribution is -1.96. The zero-order valence-electron chi connectivity index (χ0n) is 33.7. The zero-order chi connectivity index (χ0) is 38.6. The number of furan rings is 1. The van der Waals surface area contributed by atoms with Gasteiger partial charge in [-0.15, -0.1) is 0 Å². The molecule has 0 aliphatic carbocycles. The van der Waals surface area contributed by atoms with Gasteiger partial charge in [0.25, 0.3) is 0 Å². The molecule has 0 aliphatic rings. The third-order valence-corrected chi connectivity index (χ3v) is 9.57. The maximum absolute atomic E-state index is 9.41. The first kappa shape index (κ1) is 20.1. The molecule has 0 aliphatic heterocycles. The zero-order valence-corrected chi connectivity index (χ0v) is 25.7. The Morgan fingerprint density at radius 3 is 1.81 bits per heavy atom. The molecule has 10 aromatic rings. The fourth-order valence-electron chi connectivity index (χ4n) is 7.39. The van der Waals surface area contributed by atoms with Crippen LogP contribution >= 0.6 is 0 Å². The molecule has 1 aromatic heterocycles. The molecule has 0 fully saturated rings. The van der Waals surface area contributed by atoms with Gasteiger partial charge in [-0.2, -0.15) is 0 Å². The van der Waals surface area contributed by atoms with E-state index < -0.39 is 24.2 Å². The Morgan fingerprint density at radius 2 is 1.06 bits per heavy atom. The highest BCUT2D eigenvalue weighted by molar-refractivity contribution is 6.24. The smallest absolute Gasteiger partial charge is 0.143 e. The van der Waals surface area contributed by atoms with Crippen molar-refractivity contribution in [3.63, 3.8) is 0 Å². The van der Waals surface area contributed by atoms with Crippen molar-refractivity contribution < 1.29 is 15.4 Å². The van der Waals surface area contributed by atoms with Gasteiger partial charge in [-0.05, 0) is 89.6 Å². The summed E-state index contributed by atoms with van der Waals surface area (Å²) in [4.78, 5) is 0. The van der Waals surface area contributed by atoms with E-state index in [2.05, 4.69) is 24.3 Å². The van der Waals surface area contributed by atoms with Crippen LogP contribution in [0, 0.1) is 0 Å². The topological polar surface area (TPSA) is 13.1 Å². The van der Waals surface area contributed by atoms with Crippen LogP contribution in [-0.2, 0) is 6.42 Å². The average molecular weight is 619 g/mol. The summed E-state index contributed by atoms with van der Waals surface area (Å²) < 4.78 is 79.4. The first-order valence-electron chi connectivity index (χ1n) is 20.0. The van der Waals surface area contributed by atoms with E-state index in [1.807, 2.05) is 97.1 Å². The van der Waals surface area contributed by atoms with Crippen LogP contribution in [0.4, 0.5) is 0 Å². The van der Waals surface area contributed by atoms with Crippen molar-refractivity contribution in [2.75, 3.05) is 0 Å². The van der Waals surface area contributed by atoms with Crippen LogP contribution in [0.2, 0.25) is 0 Å². The molecule has 0 N–H and O–H groups in total. The maximum Gasteiger partial charge on any atom is 0.143 e. The second-order valence-electron chi connectivity index (χ2n) is 12.2. The first-order chi connectivity index (χ1) is 27.1. The van der Waals surface area contributed by atoms with Crippen molar-refractivity contribution in [3.05, 3.63) is 181 Å². The summed E-state index contributed by atoms with van der Waals surface area (Å²) in [6.45, 7) is 0. The highest BCUT2D eigenvalue weighted by atomic mass is 16.3. The molecule has 1 nitrogen and oxygen atoms in total. The predicted molar refractivity (Wildman–Crippen MR) is 204 cm³/mol. The van der Waals surface area contributed by atoms with Gasteiger partial charge in [0.1, 0.15) is 11.2 Å². The van der Waals surface area contributed by atoms with Gasteiger partial charge < -0.3 is 4.42 Å². The molecule has 224 valence electrons. The van der Waals surface area contributed by atoms with Gasteiger partial charge in [-0.1, -0.05) is 158 Å². The predicted octanol–water partition coefficient (Wildman–Crippen LogP) is 13.1. The minimum Gasteiger partial charge on any atom is -0.455 e. The fraction of sp³-hybridized carbons (Fsp3) is 0.0213. The molecule has 0 bridgehead atoms. The van der Waals surface area contributed by atoms with Crippen LogP contribution in [0.1, 0.15) is 22.1 Å². The van der Waals surface area contributed by atoms with Crippen LogP contribution < -0.4 is 0 Å². The van der Waals surface area contributed by atoms with Crippen molar-refractivity contribution in [1.29, 1.82) is 0 Å². The SMILES string of the molecule is [2H]c1c([2H])c([2H])c2c(-c3cccc4oc5c6ccccc6ccc5c34)c3c([2H])c([2H])c([2H])c([2H])c3c(Cc3ccc(-c4cccc5ccccc45)cc3)c2c1[2H]. The Bertz CT molecular complexity index is 3230. The van der Waals surface area contributed by atoms with Crippen molar-refractivity contribution in [2.24, 2.45) is 0 Å². The van der Waals surface area contributed by atoms with Gasteiger partial charge in [0.2, 0.25) is 0 Å². The molecule has 0 unspecified atom stereocenters. The van der Waals surface area contributed by atoms with Crippen LogP contribution in [-0.4, -0.2) is 0 Å². The number of hydrogen-bond acceptors (Lipinski definition) is 1. The molecule has 0 saturated heterocycles. The van der Waals surface area contributed by atoms with Crippen molar-refractivity contribution in [2.45, 2.75) is 6.42 Å². The van der Waals surface area contributed by atoms with Gasteiger partial charge in [-0.25, -0.2) is 0 Å². The maximum atomic E-state index is 9.41. The summed E-state index contributed by atoms with van der Waals surface area (Å²) in [6, 6.07) is 37.0. The van der Waals surface area contributed by atoms with Gasteiger partial charge in [0, 0.05) is 16.2 Å². The summed E-state index contributed by atoms with van der Waals surface area (Å²) in [5.41, 5.74) is 5.38. The van der Waals surface area contributed by atoms with E-state index in [1.54, 1.807) is 0 Å². The van der Waals surface area contributed by atoms with E-state index in [9.17, 15) is 5.48 Å². The normalized spacial score (nSPS) is 14.2. The molecule has 0 amide bonds. The van der Waals surface area contributed by atoms with E-state index in [-0.39, 0.29) is 52.1 Å². The Morgan fingerprint density at radius 1 is 0.458 bits per heavy atom. The summed E-state index contributed by atoms with van der Waals surface area (Å²) in [5.74, 6) is 0. The van der Waals surface area contributed by atoms with Gasteiger partial charge in [0.15, 0.2) is 0 Å². The standard InChI is InChI=1S/C47H30O/c1-3-14-34-31(11-1)13-9-20-35(34)33-25-23-30(24-26-33)29-43-37-16-5-7-18-39(37)45(40-19-8-6-17-38(40)43)41-21-10-22-44-46(41)42-28-27-32-12-2-4-15-36(32)47(42)48-44/h1-28H,29H2/i5D,6D,7D,8D,16D,17D,18D,19D. The molecule has 0 radical (unpaired) electrons. The Kier molecular flexibility index (Phi) is 4.48. The molecule has 10 rings (SSSR count). The molecular formula is C47H30O. The van der Waals surface area contributed by atoms with Gasteiger partial charge in [0.05, 0.1) is 11.0 Å². The number of fused-ring (bicyclic) bond motifs is 8. The summed E-state index contributed by atoms with van der Waals surface area (Å²) in [5, 5.41) is 6.45. The van der Waals surface area contributed by atoms with E-state index in [0.29, 0.717) is 33.2 Å². The molecule has 0 spiro atoms. The third kappa shape index (κ3) is 4.11. The summed E-state index contributed by atoms with van der Waals surface area (Å²) in [6.07, 6.45) is 0.151. The van der Waals surface area contributed by atoms with Crippen molar-refractivity contribution in [3.8, 4) is 22.3 Å². The molecule has 1 heteroatoms. The summed E-state index contributed by atoms with van der Waals surface area (Å²) >= 11 is 0. The lowest BCUT2D eigenvalue weighted by Gasteiger charge is -2.18. The minimum absolute atomic E-state index is 0.151. The Hall–Kier alpha value is -6.18. The lowest BCUT2D eigenvalue weighted by molar-refractivity contribution is 0.673. The number of hydrogen-bond donors (Lipinski definition) is 0. The van der Waals surface area contributed by atoms with Gasteiger partial charge in [-0.3, -0.25) is 0 Å². The molecular weight excluding hydrogens is 581 g/mol. The number of rotatable bonds is 4. The third-order valence-electron chi connectivity index (χ3n) is 9.57. The lowest BCUT2D eigenvalue weighted by atomic mass is 9.85. The van der Waals surface area contributed by atoms with Crippen LogP contribution in [0.5, 0.6) is 0 Å². The van der Waals surface area contributed by atoms with Crippen LogP contribution in [0.25, 0.3) is 87.3 Å². The van der Waals surface area contributed by atoms with E-state index in [4.69, 9.17) is 9.90 Å². The largest absolute Gasteiger partial charge is 0.455 e. The molecule has 0 saturated carbocycles. The molecule has 9 aromatic carbocycles. The Labute approximate surface area is 289 Å². The highest BCUT2D eigenvalue weighted by Crippen LogP contribution is 2.45. The van der Waals surface area contributed by atoms with Crippen molar-refractivity contribution in [1.82, 2.24) is 0 Å². The second kappa shape index (κ2) is 10.7. The monoisotopic (exact) mass is 618 g/mol. The van der Waals surface area contributed by atoms with E-state index in [0.717, 1.165) is 43.6 Å². The minimum atomic E-state index is -0.426.